The molecule has 0 aliphatic rings. The van der Waals surface area contributed by atoms with Gasteiger partial charge < -0.3 is 15.0 Å². The van der Waals surface area contributed by atoms with Gasteiger partial charge in [-0.25, -0.2) is 14.8 Å². The number of anilines is 1. The highest BCUT2D eigenvalue weighted by Gasteiger charge is 2.13. The van der Waals surface area contributed by atoms with Gasteiger partial charge >= 0.3 is 5.97 Å². The molecule has 0 radical (unpaired) electrons. The van der Waals surface area contributed by atoms with Crippen molar-refractivity contribution >= 4 is 22.8 Å². The molecule has 2 aromatic heterocycles. The third-order valence-electron chi connectivity index (χ3n) is 2.05. The van der Waals surface area contributed by atoms with Crippen molar-refractivity contribution in [3.8, 4) is 0 Å². The van der Waals surface area contributed by atoms with Crippen LogP contribution in [-0.2, 0) is 0 Å². The number of carboxylic acids is 1. The first-order valence-corrected chi connectivity index (χ1v) is 4.35. The second-order valence-electron chi connectivity index (χ2n) is 3.31. The molecule has 0 unspecified atom stereocenters. The molecule has 15 heavy (non-hydrogen) atoms. The highest BCUT2D eigenvalue weighted by molar-refractivity contribution is 5.92. The Hall–Kier alpha value is -2.11. The third-order valence-corrected chi connectivity index (χ3v) is 2.05. The second-order valence-corrected chi connectivity index (χ2v) is 3.31. The van der Waals surface area contributed by atoms with Gasteiger partial charge in [0.2, 0.25) is 5.82 Å². The lowest BCUT2D eigenvalue weighted by atomic mass is 10.3. The van der Waals surface area contributed by atoms with Crippen LogP contribution in [-0.4, -0.2) is 40.1 Å². The Kier molecular flexibility index (Phi) is 2.03. The van der Waals surface area contributed by atoms with Crippen molar-refractivity contribution in [1.29, 1.82) is 0 Å². The van der Waals surface area contributed by atoms with E-state index in [1.807, 2.05) is 19.0 Å². The zero-order valence-electron chi connectivity index (χ0n) is 8.35. The number of fused-ring (bicyclic) bond motifs is 1. The van der Waals surface area contributed by atoms with Crippen molar-refractivity contribution in [3.05, 3.63) is 18.1 Å². The first kappa shape index (κ1) is 9.45. The van der Waals surface area contributed by atoms with E-state index in [9.17, 15) is 4.79 Å². The maximum absolute atomic E-state index is 10.7. The normalized spacial score (nSPS) is 10.5. The maximum atomic E-state index is 10.7. The molecule has 6 nitrogen and oxygen atoms in total. The van der Waals surface area contributed by atoms with E-state index >= 15 is 0 Å². The fourth-order valence-electron chi connectivity index (χ4n) is 1.37. The van der Waals surface area contributed by atoms with Crippen molar-refractivity contribution in [2.75, 3.05) is 19.0 Å². The molecule has 2 rings (SSSR count). The van der Waals surface area contributed by atoms with E-state index in [0.717, 1.165) is 5.69 Å². The van der Waals surface area contributed by atoms with Crippen molar-refractivity contribution in [3.63, 3.8) is 0 Å². The number of carbonyl (C=O) groups is 1. The summed E-state index contributed by atoms with van der Waals surface area (Å²) in [6, 6.07) is 1.80. The van der Waals surface area contributed by atoms with Gasteiger partial charge in [-0.1, -0.05) is 0 Å². The lowest BCUT2D eigenvalue weighted by Gasteiger charge is -2.11. The summed E-state index contributed by atoms with van der Waals surface area (Å²) >= 11 is 0. The number of aromatic amines is 1. The lowest BCUT2D eigenvalue weighted by Crippen LogP contribution is -2.09. The zero-order chi connectivity index (χ0) is 11.0. The zero-order valence-corrected chi connectivity index (χ0v) is 8.35. The summed E-state index contributed by atoms with van der Waals surface area (Å²) in [5, 5.41) is 8.78. The summed E-state index contributed by atoms with van der Waals surface area (Å²) in [5.74, 6) is -1.18. The molecule has 0 aliphatic carbocycles. The summed E-state index contributed by atoms with van der Waals surface area (Å²) in [7, 11) is 3.74. The van der Waals surface area contributed by atoms with Crippen LogP contribution in [0.5, 0.6) is 0 Å². The Labute approximate surface area is 85.6 Å². The minimum Gasteiger partial charge on any atom is -0.475 e. The van der Waals surface area contributed by atoms with Gasteiger partial charge in [0.15, 0.2) is 5.65 Å². The predicted octanol–water partition coefficient (Wildman–Crippen LogP) is 0.722. The smallest absolute Gasteiger partial charge is 0.371 e. The summed E-state index contributed by atoms with van der Waals surface area (Å²) in [5.41, 5.74) is 1.92. The molecule has 0 amide bonds. The van der Waals surface area contributed by atoms with E-state index in [2.05, 4.69) is 15.0 Å². The number of imidazole rings is 1. The van der Waals surface area contributed by atoms with Crippen molar-refractivity contribution in [1.82, 2.24) is 15.0 Å². The molecule has 0 saturated heterocycles. The number of pyridine rings is 1. The summed E-state index contributed by atoms with van der Waals surface area (Å²) < 4.78 is 0. The molecule has 0 spiro atoms. The summed E-state index contributed by atoms with van der Waals surface area (Å²) in [6.45, 7) is 0. The molecule has 0 saturated carbocycles. The topological polar surface area (TPSA) is 82.1 Å². The van der Waals surface area contributed by atoms with Crippen LogP contribution in [0.15, 0.2) is 12.3 Å². The number of rotatable bonds is 2. The van der Waals surface area contributed by atoms with Gasteiger partial charge in [-0.2, -0.15) is 0 Å². The van der Waals surface area contributed by atoms with Gasteiger partial charge in [0.25, 0.3) is 0 Å². The Morgan fingerprint density at radius 3 is 2.87 bits per heavy atom. The van der Waals surface area contributed by atoms with E-state index in [0.29, 0.717) is 11.2 Å². The van der Waals surface area contributed by atoms with Gasteiger partial charge in [0, 0.05) is 20.3 Å². The highest BCUT2D eigenvalue weighted by atomic mass is 16.4. The first-order valence-electron chi connectivity index (χ1n) is 4.35. The van der Waals surface area contributed by atoms with Crippen LogP contribution >= 0.6 is 0 Å². The molecule has 2 N–H and O–H groups in total. The van der Waals surface area contributed by atoms with Crippen LogP contribution < -0.4 is 4.90 Å². The molecular formula is C9H10N4O2. The standard InChI is InChI=1S/C9H10N4O2/c1-13(2)5-3-4-10-7-6(5)11-8(12-7)9(14)15/h3-4H,1-2H3,(H,14,15)(H,10,11,12). The molecular weight excluding hydrogens is 196 g/mol. The van der Waals surface area contributed by atoms with Gasteiger partial charge in [-0.05, 0) is 6.07 Å². The largest absolute Gasteiger partial charge is 0.475 e. The Bertz CT molecular complexity index is 518. The van der Waals surface area contributed by atoms with E-state index in [4.69, 9.17) is 5.11 Å². The second kappa shape index (κ2) is 3.23. The molecule has 0 atom stereocenters. The van der Waals surface area contributed by atoms with Crippen LogP contribution in [0.4, 0.5) is 5.69 Å². The van der Waals surface area contributed by atoms with Gasteiger partial charge in [-0.3, -0.25) is 0 Å². The van der Waals surface area contributed by atoms with Gasteiger partial charge in [0.1, 0.15) is 5.52 Å². The predicted molar refractivity (Wildman–Crippen MR) is 55.2 cm³/mol. The number of aromatic carboxylic acids is 1. The molecule has 6 heteroatoms. The average Bonchev–Trinajstić information content (AvgIpc) is 2.60. The Balaban J connectivity index is 2.69. The maximum Gasteiger partial charge on any atom is 0.371 e. The number of nitrogens with one attached hydrogen (secondary N) is 1. The van der Waals surface area contributed by atoms with Crippen LogP contribution in [0.1, 0.15) is 10.6 Å². The van der Waals surface area contributed by atoms with Crippen LogP contribution in [0.2, 0.25) is 0 Å². The van der Waals surface area contributed by atoms with Crippen molar-refractivity contribution < 1.29 is 9.90 Å². The van der Waals surface area contributed by atoms with Gasteiger partial charge in [-0.15, -0.1) is 0 Å². The number of hydrogen-bond donors (Lipinski definition) is 2. The van der Waals surface area contributed by atoms with E-state index in [1.165, 1.54) is 0 Å². The monoisotopic (exact) mass is 206 g/mol. The number of carboxylic acid groups (broad SMARTS) is 1. The Morgan fingerprint density at radius 1 is 1.53 bits per heavy atom. The van der Waals surface area contributed by atoms with Crippen LogP contribution in [0, 0.1) is 0 Å². The first-order chi connectivity index (χ1) is 7.09. The number of H-pyrrole nitrogens is 1. The van der Waals surface area contributed by atoms with Crippen molar-refractivity contribution in [2.45, 2.75) is 0 Å². The molecule has 2 heterocycles. The minimum absolute atomic E-state index is 0.0909. The van der Waals surface area contributed by atoms with E-state index in [1.54, 1.807) is 12.3 Å². The fraction of sp³-hybridized carbons (Fsp3) is 0.222. The van der Waals surface area contributed by atoms with Gasteiger partial charge in [0.05, 0.1) is 5.69 Å². The molecule has 0 bridgehead atoms. The number of aromatic nitrogens is 3. The summed E-state index contributed by atoms with van der Waals surface area (Å²) in [6.07, 6.45) is 1.60. The number of nitrogens with zero attached hydrogens (tertiary/aromatic N) is 3. The van der Waals surface area contributed by atoms with Crippen LogP contribution in [0.3, 0.4) is 0 Å². The lowest BCUT2D eigenvalue weighted by molar-refractivity contribution is 0.0685. The molecule has 2 aromatic rings. The Morgan fingerprint density at radius 2 is 2.27 bits per heavy atom. The quantitative estimate of drug-likeness (QED) is 0.756. The molecule has 0 aliphatic heterocycles. The molecule has 0 fully saturated rings. The number of hydrogen-bond acceptors (Lipinski definition) is 4. The summed E-state index contributed by atoms with van der Waals surface area (Å²) in [4.78, 5) is 23.2. The fourth-order valence-corrected chi connectivity index (χ4v) is 1.37. The van der Waals surface area contributed by atoms with Crippen molar-refractivity contribution in [2.24, 2.45) is 0 Å². The van der Waals surface area contributed by atoms with E-state index < -0.39 is 5.97 Å². The highest BCUT2D eigenvalue weighted by Crippen LogP contribution is 2.21. The minimum atomic E-state index is -1.09. The third kappa shape index (κ3) is 1.50. The average molecular weight is 206 g/mol. The van der Waals surface area contributed by atoms with E-state index in [-0.39, 0.29) is 5.82 Å². The molecule has 78 valence electrons. The molecule has 0 aromatic carbocycles. The van der Waals surface area contributed by atoms with Crippen LogP contribution in [0.25, 0.3) is 11.2 Å². The SMILES string of the molecule is CN(C)c1ccnc2nc(C(=O)O)[nH]c12.